The molecule has 2 heteroatoms. The zero-order valence-electron chi connectivity index (χ0n) is 11.8. The van der Waals surface area contributed by atoms with Crippen LogP contribution >= 0.6 is 0 Å². The minimum absolute atomic E-state index is 0.0147. The summed E-state index contributed by atoms with van der Waals surface area (Å²) in [5, 5.41) is 2.86. The minimum Gasteiger partial charge on any atom is -0.349 e. The molecule has 0 bridgehead atoms. The second kappa shape index (κ2) is 8.80. The van der Waals surface area contributed by atoms with E-state index in [1.54, 1.807) is 0 Å². The van der Waals surface area contributed by atoms with Crippen LogP contribution in [0.1, 0.15) is 47.5 Å². The largest absolute Gasteiger partial charge is 0.349 e. The van der Waals surface area contributed by atoms with Gasteiger partial charge in [0.2, 0.25) is 5.91 Å². The summed E-state index contributed by atoms with van der Waals surface area (Å²) >= 11 is 0. The van der Waals surface area contributed by atoms with Crippen LogP contribution < -0.4 is 5.32 Å². The summed E-state index contributed by atoms with van der Waals surface area (Å²) < 4.78 is 0. The van der Waals surface area contributed by atoms with E-state index in [9.17, 15) is 4.79 Å². The lowest BCUT2D eigenvalue weighted by Crippen LogP contribution is -2.24. The Labute approximate surface area is 105 Å². The Balaban J connectivity index is 3.92. The molecule has 0 saturated heterocycles. The maximum absolute atomic E-state index is 11.4. The van der Waals surface area contributed by atoms with Gasteiger partial charge in [0.05, 0.1) is 0 Å². The van der Waals surface area contributed by atoms with E-state index in [1.165, 1.54) is 11.1 Å². The Morgan fingerprint density at radius 2 is 1.76 bits per heavy atom. The number of rotatable bonds is 6. The predicted octanol–water partition coefficient (Wildman–Crippen LogP) is 3.76. The van der Waals surface area contributed by atoms with Crippen LogP contribution in [0.2, 0.25) is 0 Å². The van der Waals surface area contributed by atoms with Gasteiger partial charge in [-0.3, -0.25) is 4.79 Å². The summed E-state index contributed by atoms with van der Waals surface area (Å²) in [4.78, 5) is 11.4. The van der Waals surface area contributed by atoms with Gasteiger partial charge in [0.25, 0.3) is 0 Å². The van der Waals surface area contributed by atoms with Crippen LogP contribution in [0.5, 0.6) is 0 Å². The first-order valence-electron chi connectivity index (χ1n) is 6.17. The highest BCUT2D eigenvalue weighted by Crippen LogP contribution is 2.05. The molecule has 0 fully saturated rings. The first-order valence-corrected chi connectivity index (χ1v) is 6.17. The number of nitrogens with one attached hydrogen (secondary N) is 1. The smallest absolute Gasteiger partial charge is 0.246 e. The average molecular weight is 235 g/mol. The Bertz CT molecular complexity index is 331. The summed E-state index contributed by atoms with van der Waals surface area (Å²) in [6.07, 6.45) is 8.27. The second-order valence-electron chi connectivity index (χ2n) is 4.55. The van der Waals surface area contributed by atoms with Gasteiger partial charge in [0.1, 0.15) is 0 Å². The molecule has 0 aromatic heterocycles. The molecule has 0 unspecified atom stereocenters. The lowest BCUT2D eigenvalue weighted by atomic mass is 10.1. The van der Waals surface area contributed by atoms with Gasteiger partial charge in [0, 0.05) is 12.1 Å². The first kappa shape index (κ1) is 15.7. The highest BCUT2D eigenvalue weighted by atomic mass is 16.1. The average Bonchev–Trinajstić information content (AvgIpc) is 2.27. The summed E-state index contributed by atoms with van der Waals surface area (Å²) in [7, 11) is 0. The zero-order valence-corrected chi connectivity index (χ0v) is 11.8. The quantitative estimate of drug-likeness (QED) is 0.551. The molecule has 96 valence electrons. The lowest BCUT2D eigenvalue weighted by molar-refractivity contribution is -0.117. The van der Waals surface area contributed by atoms with E-state index in [1.807, 2.05) is 19.9 Å². The Morgan fingerprint density at radius 1 is 1.12 bits per heavy atom. The van der Waals surface area contributed by atoms with E-state index in [0.717, 1.165) is 18.4 Å². The third kappa shape index (κ3) is 8.49. The fraction of sp³-hybridized carbons (Fsp3) is 0.533. The molecule has 2 nitrogen and oxygen atoms in total. The maximum atomic E-state index is 11.4. The molecular formula is C15H25NO. The van der Waals surface area contributed by atoms with Crippen molar-refractivity contribution in [3.05, 3.63) is 34.9 Å². The van der Waals surface area contributed by atoms with E-state index >= 15 is 0 Å². The lowest BCUT2D eigenvalue weighted by Gasteiger charge is -2.03. The number of allylic oxidation sites excluding steroid dienone is 4. The number of hydrogen-bond acceptors (Lipinski definition) is 1. The topological polar surface area (TPSA) is 29.1 Å². The van der Waals surface area contributed by atoms with Gasteiger partial charge in [-0.2, -0.15) is 0 Å². The molecule has 0 rings (SSSR count). The van der Waals surface area contributed by atoms with Crippen LogP contribution in [-0.4, -0.2) is 12.5 Å². The SMILES string of the molecule is CC=C(C)C(=O)NCC=C(C)CCC=C(C)C. The predicted molar refractivity (Wildman–Crippen MR) is 74.9 cm³/mol. The van der Waals surface area contributed by atoms with Crippen molar-refractivity contribution in [1.29, 1.82) is 0 Å². The van der Waals surface area contributed by atoms with Crippen molar-refractivity contribution in [1.82, 2.24) is 5.32 Å². The molecule has 17 heavy (non-hydrogen) atoms. The third-order valence-corrected chi connectivity index (χ3v) is 2.60. The molecule has 0 aromatic carbocycles. The Hall–Kier alpha value is -1.31. The highest BCUT2D eigenvalue weighted by Gasteiger charge is 1.99. The van der Waals surface area contributed by atoms with Crippen LogP contribution in [0.15, 0.2) is 34.9 Å². The third-order valence-electron chi connectivity index (χ3n) is 2.60. The fourth-order valence-electron chi connectivity index (χ4n) is 1.28. The second-order valence-corrected chi connectivity index (χ2v) is 4.55. The summed E-state index contributed by atoms with van der Waals surface area (Å²) in [6.45, 7) is 10.6. The molecule has 0 heterocycles. The first-order chi connectivity index (χ1) is 7.97. The van der Waals surface area contributed by atoms with E-state index < -0.39 is 0 Å². The van der Waals surface area contributed by atoms with Gasteiger partial charge in [0.15, 0.2) is 0 Å². The van der Waals surface area contributed by atoms with Crippen molar-refractivity contribution in [2.24, 2.45) is 0 Å². The zero-order chi connectivity index (χ0) is 13.3. The van der Waals surface area contributed by atoms with Gasteiger partial charge in [-0.25, -0.2) is 0 Å². The van der Waals surface area contributed by atoms with Crippen molar-refractivity contribution in [2.75, 3.05) is 6.54 Å². The van der Waals surface area contributed by atoms with Gasteiger partial charge in [-0.15, -0.1) is 0 Å². The molecule has 0 aromatic rings. The van der Waals surface area contributed by atoms with Crippen LogP contribution in [0.3, 0.4) is 0 Å². The van der Waals surface area contributed by atoms with Crippen molar-refractivity contribution >= 4 is 5.91 Å². The summed E-state index contributed by atoms with van der Waals surface area (Å²) in [6, 6.07) is 0. The van der Waals surface area contributed by atoms with Gasteiger partial charge < -0.3 is 5.32 Å². The van der Waals surface area contributed by atoms with Crippen LogP contribution in [-0.2, 0) is 4.79 Å². The van der Waals surface area contributed by atoms with E-state index in [4.69, 9.17) is 0 Å². The molecule has 0 radical (unpaired) electrons. The van der Waals surface area contributed by atoms with Crippen molar-refractivity contribution in [2.45, 2.75) is 47.5 Å². The molecule has 0 aliphatic heterocycles. The number of amides is 1. The molecule has 1 amide bonds. The number of hydrogen-bond donors (Lipinski definition) is 1. The normalized spacial score (nSPS) is 12.3. The molecule has 0 saturated carbocycles. The molecular weight excluding hydrogens is 210 g/mol. The van der Waals surface area contributed by atoms with E-state index in [0.29, 0.717) is 6.54 Å². The Morgan fingerprint density at radius 3 is 2.29 bits per heavy atom. The molecule has 0 aliphatic rings. The summed E-state index contributed by atoms with van der Waals surface area (Å²) in [5.74, 6) is 0.0147. The fourth-order valence-corrected chi connectivity index (χ4v) is 1.28. The summed E-state index contributed by atoms with van der Waals surface area (Å²) in [5.41, 5.74) is 3.44. The van der Waals surface area contributed by atoms with Gasteiger partial charge >= 0.3 is 0 Å². The van der Waals surface area contributed by atoms with Crippen LogP contribution in [0.4, 0.5) is 0 Å². The standard InChI is InChI=1S/C15H25NO/c1-6-14(5)15(17)16-11-10-13(4)9-7-8-12(2)3/h6,8,10H,7,9,11H2,1-5H3,(H,16,17). The van der Waals surface area contributed by atoms with E-state index in [-0.39, 0.29) is 5.91 Å². The number of carbonyl (C=O) groups is 1. The van der Waals surface area contributed by atoms with Gasteiger partial charge in [-0.05, 0) is 47.5 Å². The van der Waals surface area contributed by atoms with Crippen LogP contribution in [0, 0.1) is 0 Å². The van der Waals surface area contributed by atoms with Crippen molar-refractivity contribution in [3.63, 3.8) is 0 Å². The molecule has 0 aliphatic carbocycles. The minimum atomic E-state index is 0.0147. The van der Waals surface area contributed by atoms with Crippen LogP contribution in [0.25, 0.3) is 0 Å². The molecule has 0 atom stereocenters. The monoisotopic (exact) mass is 235 g/mol. The number of carbonyl (C=O) groups excluding carboxylic acids is 1. The molecule has 1 N–H and O–H groups in total. The van der Waals surface area contributed by atoms with Crippen molar-refractivity contribution < 1.29 is 4.79 Å². The van der Waals surface area contributed by atoms with Gasteiger partial charge in [-0.1, -0.05) is 29.4 Å². The molecule has 0 spiro atoms. The highest BCUT2D eigenvalue weighted by molar-refractivity contribution is 5.92. The Kier molecular flexibility index (Phi) is 8.12. The van der Waals surface area contributed by atoms with E-state index in [2.05, 4.69) is 38.2 Å². The van der Waals surface area contributed by atoms with Crippen molar-refractivity contribution in [3.8, 4) is 0 Å². The maximum Gasteiger partial charge on any atom is 0.246 e.